The summed E-state index contributed by atoms with van der Waals surface area (Å²) in [6.45, 7) is 1.95. The van der Waals surface area contributed by atoms with Gasteiger partial charge in [-0.2, -0.15) is 0 Å². The van der Waals surface area contributed by atoms with Gasteiger partial charge in [-0.05, 0) is 43.5 Å². The average Bonchev–Trinajstić information content (AvgIpc) is 3.05. The Bertz CT molecular complexity index is 711. The van der Waals surface area contributed by atoms with E-state index in [1.165, 1.54) is 12.8 Å². The standard InChI is InChI=1S/C18H20ClN3O/c1-12-16(19)7-4-8-17(12)21-15-9-13(10-20-11-15)18(23)22-14-5-2-3-6-14/h4,7-11,14,21H,2-3,5-6H2,1H3,(H,22,23). The molecule has 5 heteroatoms. The van der Waals surface area contributed by atoms with Crippen molar-refractivity contribution in [2.45, 2.75) is 38.6 Å². The van der Waals surface area contributed by atoms with E-state index in [9.17, 15) is 4.79 Å². The zero-order valence-electron chi connectivity index (χ0n) is 13.1. The van der Waals surface area contributed by atoms with Crippen molar-refractivity contribution in [1.29, 1.82) is 0 Å². The van der Waals surface area contributed by atoms with Crippen LogP contribution in [0.4, 0.5) is 11.4 Å². The van der Waals surface area contributed by atoms with Crippen molar-refractivity contribution >= 4 is 28.9 Å². The van der Waals surface area contributed by atoms with Crippen molar-refractivity contribution in [3.05, 3.63) is 52.8 Å². The van der Waals surface area contributed by atoms with Gasteiger partial charge in [0.05, 0.1) is 17.4 Å². The Morgan fingerprint density at radius 1 is 1.26 bits per heavy atom. The summed E-state index contributed by atoms with van der Waals surface area (Å²) in [7, 11) is 0. The molecule has 2 aromatic rings. The summed E-state index contributed by atoms with van der Waals surface area (Å²) >= 11 is 6.14. The molecule has 1 aliphatic rings. The molecule has 120 valence electrons. The van der Waals surface area contributed by atoms with Crippen molar-refractivity contribution in [1.82, 2.24) is 10.3 Å². The van der Waals surface area contributed by atoms with Crippen LogP contribution in [-0.2, 0) is 0 Å². The van der Waals surface area contributed by atoms with Crippen LogP contribution < -0.4 is 10.6 Å². The maximum atomic E-state index is 12.3. The minimum atomic E-state index is -0.0594. The number of hydrogen-bond acceptors (Lipinski definition) is 3. The Morgan fingerprint density at radius 2 is 2.04 bits per heavy atom. The minimum Gasteiger partial charge on any atom is -0.354 e. The second-order valence-electron chi connectivity index (χ2n) is 5.95. The summed E-state index contributed by atoms with van der Waals surface area (Å²) in [4.78, 5) is 16.5. The smallest absolute Gasteiger partial charge is 0.253 e. The predicted octanol–water partition coefficient (Wildman–Crippen LogP) is 4.46. The summed E-state index contributed by atoms with van der Waals surface area (Å²) in [5.41, 5.74) is 3.22. The van der Waals surface area contributed by atoms with Crippen LogP contribution >= 0.6 is 11.6 Å². The summed E-state index contributed by atoms with van der Waals surface area (Å²) in [5.74, 6) is -0.0594. The Labute approximate surface area is 141 Å². The number of carbonyl (C=O) groups is 1. The van der Waals surface area contributed by atoms with Crippen LogP contribution in [-0.4, -0.2) is 16.9 Å². The number of halogens is 1. The Kier molecular flexibility index (Phi) is 4.82. The van der Waals surface area contributed by atoms with Gasteiger partial charge < -0.3 is 10.6 Å². The molecule has 0 aliphatic heterocycles. The number of rotatable bonds is 4. The number of pyridine rings is 1. The first-order valence-corrected chi connectivity index (χ1v) is 8.29. The lowest BCUT2D eigenvalue weighted by atomic mass is 10.1. The molecule has 3 rings (SSSR count). The SMILES string of the molecule is Cc1c(Cl)cccc1Nc1cncc(C(=O)NC2CCCC2)c1. The van der Waals surface area contributed by atoms with Crippen molar-refractivity contribution in [2.24, 2.45) is 0 Å². The summed E-state index contributed by atoms with van der Waals surface area (Å²) in [6, 6.07) is 7.81. The molecule has 2 N–H and O–H groups in total. The third kappa shape index (κ3) is 3.82. The van der Waals surface area contributed by atoms with E-state index in [2.05, 4.69) is 15.6 Å². The van der Waals surface area contributed by atoms with Crippen molar-refractivity contribution in [3.63, 3.8) is 0 Å². The van der Waals surface area contributed by atoms with Crippen molar-refractivity contribution < 1.29 is 4.79 Å². The largest absolute Gasteiger partial charge is 0.354 e. The van der Waals surface area contributed by atoms with Gasteiger partial charge in [-0.15, -0.1) is 0 Å². The third-order valence-electron chi connectivity index (χ3n) is 4.24. The van der Waals surface area contributed by atoms with Crippen molar-refractivity contribution in [2.75, 3.05) is 5.32 Å². The van der Waals surface area contributed by atoms with E-state index in [1.54, 1.807) is 12.4 Å². The van der Waals surface area contributed by atoms with E-state index in [4.69, 9.17) is 11.6 Å². The zero-order chi connectivity index (χ0) is 16.2. The molecule has 1 saturated carbocycles. The fraction of sp³-hybridized carbons (Fsp3) is 0.333. The van der Waals surface area contributed by atoms with Crippen LogP contribution in [0.1, 0.15) is 41.6 Å². The van der Waals surface area contributed by atoms with Crippen LogP contribution in [0, 0.1) is 6.92 Å². The maximum Gasteiger partial charge on any atom is 0.253 e. The van der Waals surface area contributed by atoms with Crippen LogP contribution in [0.2, 0.25) is 5.02 Å². The fourth-order valence-corrected chi connectivity index (χ4v) is 3.04. The number of nitrogens with one attached hydrogen (secondary N) is 2. The van der Waals surface area contributed by atoms with E-state index in [-0.39, 0.29) is 5.91 Å². The second kappa shape index (κ2) is 7.01. The van der Waals surface area contributed by atoms with Gasteiger partial charge in [-0.25, -0.2) is 0 Å². The fourth-order valence-electron chi connectivity index (χ4n) is 2.87. The molecule has 0 bridgehead atoms. The molecule has 1 fully saturated rings. The van der Waals surface area contributed by atoms with Gasteiger partial charge in [0.15, 0.2) is 0 Å². The predicted molar refractivity (Wildman–Crippen MR) is 93.4 cm³/mol. The Morgan fingerprint density at radius 3 is 2.83 bits per heavy atom. The number of anilines is 2. The monoisotopic (exact) mass is 329 g/mol. The van der Waals surface area contributed by atoms with E-state index in [1.807, 2.05) is 31.2 Å². The molecule has 1 amide bonds. The molecule has 1 heterocycles. The van der Waals surface area contributed by atoms with Gasteiger partial charge in [0, 0.05) is 22.9 Å². The lowest BCUT2D eigenvalue weighted by molar-refractivity contribution is 0.0937. The lowest BCUT2D eigenvalue weighted by Crippen LogP contribution is -2.32. The molecule has 0 spiro atoms. The molecular formula is C18H20ClN3O. The van der Waals surface area contributed by atoms with Gasteiger partial charge in [-0.3, -0.25) is 9.78 Å². The zero-order valence-corrected chi connectivity index (χ0v) is 13.9. The quantitative estimate of drug-likeness (QED) is 0.870. The number of nitrogens with zero attached hydrogens (tertiary/aromatic N) is 1. The topological polar surface area (TPSA) is 54.0 Å². The molecule has 1 aliphatic carbocycles. The van der Waals surface area contributed by atoms with Gasteiger partial charge in [0.25, 0.3) is 5.91 Å². The van der Waals surface area contributed by atoms with Gasteiger partial charge >= 0.3 is 0 Å². The Balaban J connectivity index is 1.74. The normalized spacial score (nSPS) is 14.7. The number of amides is 1. The van der Waals surface area contributed by atoms with E-state index < -0.39 is 0 Å². The molecule has 0 saturated heterocycles. The molecule has 1 aromatic carbocycles. The third-order valence-corrected chi connectivity index (χ3v) is 4.65. The van der Waals surface area contributed by atoms with Crippen LogP contribution in [0.25, 0.3) is 0 Å². The van der Waals surface area contributed by atoms with Crippen molar-refractivity contribution in [3.8, 4) is 0 Å². The summed E-state index contributed by atoms with van der Waals surface area (Å²) in [6.07, 6.45) is 7.82. The highest BCUT2D eigenvalue weighted by atomic mass is 35.5. The number of carbonyl (C=O) groups excluding carboxylic acids is 1. The van der Waals surface area contributed by atoms with Crippen LogP contribution in [0.5, 0.6) is 0 Å². The number of aromatic nitrogens is 1. The van der Waals surface area contributed by atoms with E-state index >= 15 is 0 Å². The number of hydrogen-bond donors (Lipinski definition) is 2. The lowest BCUT2D eigenvalue weighted by Gasteiger charge is -2.13. The second-order valence-corrected chi connectivity index (χ2v) is 6.36. The van der Waals surface area contributed by atoms with Gasteiger partial charge in [0.1, 0.15) is 0 Å². The molecule has 0 atom stereocenters. The molecule has 4 nitrogen and oxygen atoms in total. The summed E-state index contributed by atoms with van der Waals surface area (Å²) < 4.78 is 0. The van der Waals surface area contributed by atoms with Crippen LogP contribution in [0.3, 0.4) is 0 Å². The van der Waals surface area contributed by atoms with E-state index in [0.29, 0.717) is 16.6 Å². The summed E-state index contributed by atoms with van der Waals surface area (Å²) in [5, 5.41) is 7.06. The number of benzene rings is 1. The molecule has 23 heavy (non-hydrogen) atoms. The van der Waals surface area contributed by atoms with Crippen LogP contribution in [0.15, 0.2) is 36.7 Å². The first kappa shape index (κ1) is 15.8. The average molecular weight is 330 g/mol. The Hall–Kier alpha value is -2.07. The molecule has 0 radical (unpaired) electrons. The minimum absolute atomic E-state index is 0.0594. The van der Waals surface area contributed by atoms with Gasteiger partial charge in [-0.1, -0.05) is 30.5 Å². The highest BCUT2D eigenvalue weighted by Gasteiger charge is 2.18. The molecular weight excluding hydrogens is 310 g/mol. The van der Waals surface area contributed by atoms with Gasteiger partial charge in [0.2, 0.25) is 0 Å². The first-order valence-electron chi connectivity index (χ1n) is 7.91. The molecule has 1 aromatic heterocycles. The molecule has 0 unspecified atom stereocenters. The first-order chi connectivity index (χ1) is 11.1. The maximum absolute atomic E-state index is 12.3. The van der Waals surface area contributed by atoms with E-state index in [0.717, 1.165) is 29.8 Å². The highest BCUT2D eigenvalue weighted by molar-refractivity contribution is 6.31. The highest BCUT2D eigenvalue weighted by Crippen LogP contribution is 2.26.